The maximum atomic E-state index is 9.95. The van der Waals surface area contributed by atoms with E-state index in [4.69, 9.17) is 4.65 Å². The van der Waals surface area contributed by atoms with Gasteiger partial charge in [-0.3, -0.25) is 0 Å². The molecule has 0 unspecified atom stereocenters. The normalized spacial score (nSPS) is 19.6. The molecule has 0 atom stereocenters. The Bertz CT molecular complexity index is 674. The highest BCUT2D eigenvalue weighted by atomic mass is 16.5. The SMILES string of the molecule is OB1C=C(C2CCCCC2)c2c(cnc3[nH]ccc23)O1. The number of aromatic amines is 1. The molecule has 1 aliphatic heterocycles. The zero-order valence-electron chi connectivity index (χ0n) is 11.3. The van der Waals surface area contributed by atoms with E-state index in [1.165, 1.54) is 37.7 Å². The molecule has 0 spiro atoms. The van der Waals surface area contributed by atoms with Crippen LogP contribution >= 0.6 is 0 Å². The molecule has 0 bridgehead atoms. The van der Waals surface area contributed by atoms with Gasteiger partial charge in [0.05, 0.1) is 6.20 Å². The molecule has 102 valence electrons. The fourth-order valence-electron chi connectivity index (χ4n) is 3.53. The number of H-pyrrole nitrogens is 1. The Hall–Kier alpha value is -1.75. The van der Waals surface area contributed by atoms with Crippen molar-refractivity contribution < 1.29 is 9.68 Å². The maximum absolute atomic E-state index is 9.95. The van der Waals surface area contributed by atoms with Crippen LogP contribution in [-0.2, 0) is 0 Å². The minimum Gasteiger partial charge on any atom is -0.531 e. The van der Waals surface area contributed by atoms with Crippen molar-refractivity contribution in [2.24, 2.45) is 5.92 Å². The number of aromatic nitrogens is 2. The summed E-state index contributed by atoms with van der Waals surface area (Å²) in [7, 11) is -0.849. The second-order valence-corrected chi connectivity index (χ2v) is 5.70. The number of nitrogens with one attached hydrogen (secondary N) is 1. The van der Waals surface area contributed by atoms with E-state index in [9.17, 15) is 5.02 Å². The summed E-state index contributed by atoms with van der Waals surface area (Å²) in [6.45, 7) is 0. The van der Waals surface area contributed by atoms with Gasteiger partial charge in [0, 0.05) is 17.1 Å². The summed E-state index contributed by atoms with van der Waals surface area (Å²) >= 11 is 0. The first-order valence-electron chi connectivity index (χ1n) is 7.36. The molecule has 20 heavy (non-hydrogen) atoms. The van der Waals surface area contributed by atoms with Gasteiger partial charge in [0.25, 0.3) is 0 Å². The topological polar surface area (TPSA) is 58.1 Å². The van der Waals surface area contributed by atoms with E-state index in [-0.39, 0.29) is 0 Å². The quantitative estimate of drug-likeness (QED) is 0.782. The molecule has 0 amide bonds. The summed E-state index contributed by atoms with van der Waals surface area (Å²) in [5.41, 5.74) is 3.24. The van der Waals surface area contributed by atoms with Crippen LogP contribution in [0.3, 0.4) is 0 Å². The zero-order valence-corrected chi connectivity index (χ0v) is 11.3. The molecule has 4 nitrogen and oxygen atoms in total. The number of hydrogen-bond donors (Lipinski definition) is 2. The largest absolute Gasteiger partial charge is 0.552 e. The number of allylic oxidation sites excluding steroid dienone is 1. The van der Waals surface area contributed by atoms with Crippen molar-refractivity contribution in [2.75, 3.05) is 0 Å². The van der Waals surface area contributed by atoms with Gasteiger partial charge in [-0.15, -0.1) is 0 Å². The van der Waals surface area contributed by atoms with Crippen molar-refractivity contribution in [2.45, 2.75) is 32.1 Å². The molecule has 1 saturated carbocycles. The third kappa shape index (κ3) is 1.85. The average molecular weight is 268 g/mol. The number of rotatable bonds is 1. The van der Waals surface area contributed by atoms with Crippen molar-refractivity contribution in [3.63, 3.8) is 0 Å². The Kier molecular flexibility index (Phi) is 2.81. The predicted molar refractivity (Wildman–Crippen MR) is 79.2 cm³/mol. The van der Waals surface area contributed by atoms with Crippen LogP contribution in [0.5, 0.6) is 5.75 Å². The van der Waals surface area contributed by atoms with Crippen LogP contribution < -0.4 is 4.65 Å². The molecule has 0 saturated heterocycles. The van der Waals surface area contributed by atoms with Crippen LogP contribution in [0.1, 0.15) is 37.7 Å². The van der Waals surface area contributed by atoms with E-state index in [1.807, 2.05) is 18.2 Å². The Morgan fingerprint density at radius 2 is 2.15 bits per heavy atom. The van der Waals surface area contributed by atoms with E-state index >= 15 is 0 Å². The molecule has 2 aliphatic rings. The molecular weight excluding hydrogens is 251 g/mol. The lowest BCUT2D eigenvalue weighted by molar-refractivity contribution is 0.411. The summed E-state index contributed by atoms with van der Waals surface area (Å²) in [5.74, 6) is 3.11. The lowest BCUT2D eigenvalue weighted by atomic mass is 9.73. The zero-order chi connectivity index (χ0) is 13.5. The Balaban J connectivity index is 1.88. The molecule has 0 radical (unpaired) electrons. The monoisotopic (exact) mass is 268 g/mol. The minimum atomic E-state index is -0.849. The minimum absolute atomic E-state index is 0.529. The summed E-state index contributed by atoms with van der Waals surface area (Å²) in [5, 5.41) is 11.0. The van der Waals surface area contributed by atoms with Crippen LogP contribution in [0.4, 0.5) is 0 Å². The first-order valence-corrected chi connectivity index (χ1v) is 7.36. The molecule has 3 heterocycles. The lowest BCUT2D eigenvalue weighted by Crippen LogP contribution is -2.26. The number of nitrogens with zero attached hydrogens (tertiary/aromatic N) is 1. The standard InChI is InChI=1S/C15H17BN2O2/c19-16-8-12(10-4-2-1-3-5-10)14-11-6-7-17-15(11)18-9-13(14)20-16/h6-10,19H,1-5H2,(H,17,18). The second-order valence-electron chi connectivity index (χ2n) is 5.70. The van der Waals surface area contributed by atoms with E-state index < -0.39 is 7.12 Å². The molecule has 1 aliphatic carbocycles. The summed E-state index contributed by atoms with van der Waals surface area (Å²) in [6, 6.07) is 2.04. The van der Waals surface area contributed by atoms with Gasteiger partial charge < -0.3 is 14.7 Å². The number of hydrogen-bond acceptors (Lipinski definition) is 3. The van der Waals surface area contributed by atoms with Crippen LogP contribution in [0.2, 0.25) is 0 Å². The van der Waals surface area contributed by atoms with Crippen molar-refractivity contribution in [3.05, 3.63) is 30.0 Å². The predicted octanol–water partition coefficient (Wildman–Crippen LogP) is 2.94. The van der Waals surface area contributed by atoms with E-state index in [0.717, 1.165) is 16.6 Å². The van der Waals surface area contributed by atoms with Crippen LogP contribution in [-0.4, -0.2) is 22.1 Å². The van der Waals surface area contributed by atoms with Gasteiger partial charge >= 0.3 is 7.12 Å². The first-order chi connectivity index (χ1) is 9.83. The fourth-order valence-corrected chi connectivity index (χ4v) is 3.53. The molecule has 2 aromatic heterocycles. The highest BCUT2D eigenvalue weighted by molar-refractivity contribution is 6.52. The third-order valence-electron chi connectivity index (χ3n) is 4.46. The molecule has 5 heteroatoms. The Morgan fingerprint density at radius 1 is 1.30 bits per heavy atom. The summed E-state index contributed by atoms with van der Waals surface area (Å²) < 4.78 is 5.53. The van der Waals surface area contributed by atoms with Gasteiger partial charge in [0.1, 0.15) is 11.4 Å². The molecule has 0 aromatic carbocycles. The van der Waals surface area contributed by atoms with Gasteiger partial charge in [0.2, 0.25) is 0 Å². The molecule has 2 N–H and O–H groups in total. The molecule has 4 rings (SSSR count). The fraction of sp³-hybridized carbons (Fsp3) is 0.400. The van der Waals surface area contributed by atoms with Gasteiger partial charge in [-0.2, -0.15) is 0 Å². The van der Waals surface area contributed by atoms with E-state index in [1.54, 1.807) is 6.20 Å². The highest BCUT2D eigenvalue weighted by Crippen LogP contribution is 2.43. The summed E-state index contributed by atoms with van der Waals surface area (Å²) in [4.78, 5) is 7.50. The van der Waals surface area contributed by atoms with E-state index in [0.29, 0.717) is 11.7 Å². The molecule has 2 aromatic rings. The van der Waals surface area contributed by atoms with Crippen molar-refractivity contribution in [1.82, 2.24) is 9.97 Å². The third-order valence-corrected chi connectivity index (χ3v) is 4.46. The van der Waals surface area contributed by atoms with Crippen molar-refractivity contribution in [1.29, 1.82) is 0 Å². The molecule has 1 fully saturated rings. The summed E-state index contributed by atoms with van der Waals surface area (Å²) in [6.07, 6.45) is 9.89. The smallest absolute Gasteiger partial charge is 0.531 e. The van der Waals surface area contributed by atoms with E-state index in [2.05, 4.69) is 9.97 Å². The maximum Gasteiger partial charge on any atom is 0.552 e. The van der Waals surface area contributed by atoms with Crippen LogP contribution in [0, 0.1) is 5.92 Å². The molecular formula is C15H17BN2O2. The lowest BCUT2D eigenvalue weighted by Gasteiger charge is -2.29. The number of fused-ring (bicyclic) bond motifs is 3. The van der Waals surface area contributed by atoms with Crippen LogP contribution in [0.25, 0.3) is 16.6 Å². The Labute approximate surface area is 118 Å². The van der Waals surface area contributed by atoms with Gasteiger partial charge in [-0.05, 0) is 36.4 Å². The second kappa shape index (κ2) is 4.67. The van der Waals surface area contributed by atoms with Gasteiger partial charge in [-0.1, -0.05) is 19.3 Å². The highest BCUT2D eigenvalue weighted by Gasteiger charge is 2.30. The van der Waals surface area contributed by atoms with Gasteiger partial charge in [0.15, 0.2) is 0 Å². The average Bonchev–Trinajstić information content (AvgIpc) is 2.95. The Morgan fingerprint density at radius 3 is 3.00 bits per heavy atom. The van der Waals surface area contributed by atoms with Crippen molar-refractivity contribution >= 4 is 23.7 Å². The first kappa shape index (κ1) is 12.0. The number of pyridine rings is 1. The van der Waals surface area contributed by atoms with Gasteiger partial charge in [-0.25, -0.2) is 4.98 Å². The van der Waals surface area contributed by atoms with Crippen molar-refractivity contribution in [3.8, 4) is 5.75 Å². The van der Waals surface area contributed by atoms with Crippen LogP contribution in [0.15, 0.2) is 24.4 Å².